The minimum atomic E-state index is -0.171. The number of ketones is 1. The highest BCUT2D eigenvalue weighted by atomic mass is 16.5. The summed E-state index contributed by atoms with van der Waals surface area (Å²) >= 11 is 0. The quantitative estimate of drug-likeness (QED) is 0.608. The zero-order valence-electron chi connectivity index (χ0n) is 15.0. The summed E-state index contributed by atoms with van der Waals surface area (Å²) in [6, 6.07) is 13.0. The molecule has 134 valence electrons. The second-order valence-corrected chi connectivity index (χ2v) is 5.68. The van der Waals surface area contributed by atoms with Crippen LogP contribution in [0, 0.1) is 0 Å². The van der Waals surface area contributed by atoms with Gasteiger partial charge in [0.05, 0.1) is 19.8 Å². The number of carbonyl (C=O) groups excluding carboxylic acids is 1. The first-order valence-corrected chi connectivity index (χ1v) is 8.27. The number of hydrogen-bond acceptors (Lipinski definition) is 6. The van der Waals surface area contributed by atoms with E-state index in [4.69, 9.17) is 9.47 Å². The molecule has 0 fully saturated rings. The number of Topliss-reactive ketones (excluding diaryl/α,β-unsaturated/α-hetero) is 1. The zero-order valence-corrected chi connectivity index (χ0v) is 15.0. The van der Waals surface area contributed by atoms with Crippen LogP contribution in [0.2, 0.25) is 0 Å². The van der Waals surface area contributed by atoms with Crippen molar-refractivity contribution in [2.24, 2.45) is 0 Å². The number of rotatable bonds is 7. The number of nitrogens with zero attached hydrogens (tertiary/aromatic N) is 4. The normalized spacial score (nSPS) is 10.6. The zero-order chi connectivity index (χ0) is 18.5. The molecule has 7 heteroatoms. The molecule has 0 bridgehead atoms. The first-order chi connectivity index (χ1) is 12.6. The minimum Gasteiger partial charge on any atom is -0.497 e. The molecule has 0 saturated heterocycles. The van der Waals surface area contributed by atoms with Crippen LogP contribution in [0.3, 0.4) is 0 Å². The Bertz CT molecular complexity index is 903. The maximum Gasteiger partial charge on any atom is 0.204 e. The van der Waals surface area contributed by atoms with Crippen LogP contribution in [0.4, 0.5) is 0 Å². The molecule has 0 unspecified atom stereocenters. The van der Waals surface area contributed by atoms with Crippen LogP contribution in [0.5, 0.6) is 11.5 Å². The van der Waals surface area contributed by atoms with Gasteiger partial charge < -0.3 is 9.47 Å². The van der Waals surface area contributed by atoms with Crippen molar-refractivity contribution in [1.82, 2.24) is 20.2 Å². The van der Waals surface area contributed by atoms with Gasteiger partial charge in [-0.1, -0.05) is 31.2 Å². The number of aryl methyl sites for hydroxylation is 1. The average Bonchev–Trinajstić information content (AvgIpc) is 3.15. The third kappa shape index (κ3) is 3.72. The number of tetrazole rings is 1. The lowest BCUT2D eigenvalue weighted by Crippen LogP contribution is -2.14. The van der Waals surface area contributed by atoms with E-state index in [0.29, 0.717) is 22.9 Å². The Morgan fingerprint density at radius 2 is 1.85 bits per heavy atom. The Labute approximate surface area is 151 Å². The van der Waals surface area contributed by atoms with Crippen LogP contribution in [0.1, 0.15) is 22.8 Å². The fourth-order valence-electron chi connectivity index (χ4n) is 2.56. The number of hydrogen-bond donors (Lipinski definition) is 0. The molecule has 3 aromatic rings. The summed E-state index contributed by atoms with van der Waals surface area (Å²) in [6.45, 7) is 2.07. The molecule has 0 atom stereocenters. The van der Waals surface area contributed by atoms with Gasteiger partial charge in [-0.05, 0) is 29.3 Å². The third-order valence-electron chi connectivity index (χ3n) is 4.07. The van der Waals surface area contributed by atoms with Gasteiger partial charge in [0, 0.05) is 11.6 Å². The molecule has 0 N–H and O–H groups in total. The fourth-order valence-corrected chi connectivity index (χ4v) is 2.56. The van der Waals surface area contributed by atoms with Crippen molar-refractivity contribution in [3.63, 3.8) is 0 Å². The molecule has 0 radical (unpaired) electrons. The van der Waals surface area contributed by atoms with Gasteiger partial charge in [0.25, 0.3) is 0 Å². The lowest BCUT2D eigenvalue weighted by Gasteiger charge is -2.09. The average molecular weight is 352 g/mol. The summed E-state index contributed by atoms with van der Waals surface area (Å²) in [7, 11) is 3.07. The summed E-state index contributed by atoms with van der Waals surface area (Å²) in [4.78, 5) is 13.9. The van der Waals surface area contributed by atoms with Crippen molar-refractivity contribution < 1.29 is 14.3 Å². The number of benzene rings is 2. The standard InChI is InChI=1S/C19H20N4O3/c1-4-13-5-7-14(8-6-13)19-20-22-23(21-19)12-17(24)16-10-9-15(25-2)11-18(16)26-3/h5-11H,4,12H2,1-3H3. The van der Waals surface area contributed by atoms with Crippen molar-refractivity contribution in [2.45, 2.75) is 19.9 Å². The molecule has 26 heavy (non-hydrogen) atoms. The molecule has 7 nitrogen and oxygen atoms in total. The van der Waals surface area contributed by atoms with Gasteiger partial charge in [-0.15, -0.1) is 10.2 Å². The first-order valence-electron chi connectivity index (χ1n) is 8.27. The van der Waals surface area contributed by atoms with Gasteiger partial charge in [-0.2, -0.15) is 4.80 Å². The second-order valence-electron chi connectivity index (χ2n) is 5.68. The maximum absolute atomic E-state index is 12.6. The Hall–Kier alpha value is -3.22. The van der Waals surface area contributed by atoms with E-state index in [-0.39, 0.29) is 12.3 Å². The van der Waals surface area contributed by atoms with E-state index >= 15 is 0 Å². The van der Waals surface area contributed by atoms with E-state index in [2.05, 4.69) is 22.3 Å². The van der Waals surface area contributed by atoms with E-state index in [1.54, 1.807) is 25.3 Å². The van der Waals surface area contributed by atoms with Crippen LogP contribution in [-0.2, 0) is 13.0 Å². The Balaban J connectivity index is 1.77. The maximum atomic E-state index is 12.6. The SMILES string of the molecule is CCc1ccc(-c2nnn(CC(=O)c3ccc(OC)cc3OC)n2)cc1. The summed E-state index contributed by atoms with van der Waals surface area (Å²) in [5.74, 6) is 1.39. The number of ether oxygens (including phenoxy) is 2. The van der Waals surface area contributed by atoms with Crippen LogP contribution >= 0.6 is 0 Å². The molecule has 0 aliphatic heterocycles. The van der Waals surface area contributed by atoms with Crippen LogP contribution in [0.25, 0.3) is 11.4 Å². The summed E-state index contributed by atoms with van der Waals surface area (Å²) < 4.78 is 10.4. The second kappa shape index (κ2) is 7.77. The molecular weight excluding hydrogens is 332 g/mol. The van der Waals surface area contributed by atoms with Crippen molar-refractivity contribution >= 4 is 5.78 Å². The molecule has 1 heterocycles. The topological polar surface area (TPSA) is 79.1 Å². The highest BCUT2D eigenvalue weighted by Crippen LogP contribution is 2.25. The lowest BCUT2D eigenvalue weighted by molar-refractivity contribution is 0.0958. The monoisotopic (exact) mass is 352 g/mol. The highest BCUT2D eigenvalue weighted by molar-refractivity contribution is 5.98. The number of aromatic nitrogens is 4. The molecule has 3 rings (SSSR count). The predicted octanol–water partition coefficient (Wildman–Crippen LogP) is 2.80. The van der Waals surface area contributed by atoms with E-state index in [9.17, 15) is 4.79 Å². The molecule has 0 amide bonds. The van der Waals surface area contributed by atoms with E-state index < -0.39 is 0 Å². The van der Waals surface area contributed by atoms with Gasteiger partial charge in [0.15, 0.2) is 5.78 Å². The summed E-state index contributed by atoms with van der Waals surface area (Å²) in [6.07, 6.45) is 0.971. The van der Waals surface area contributed by atoms with Crippen LogP contribution < -0.4 is 9.47 Å². The van der Waals surface area contributed by atoms with E-state index in [1.807, 2.05) is 24.3 Å². The van der Waals surface area contributed by atoms with Crippen LogP contribution in [-0.4, -0.2) is 40.2 Å². The summed E-state index contributed by atoms with van der Waals surface area (Å²) in [5.41, 5.74) is 2.55. The van der Waals surface area contributed by atoms with Crippen LogP contribution in [0.15, 0.2) is 42.5 Å². The van der Waals surface area contributed by atoms with Gasteiger partial charge >= 0.3 is 0 Å². The first kappa shape index (κ1) is 17.6. The lowest BCUT2D eigenvalue weighted by atomic mass is 10.1. The molecule has 0 spiro atoms. The molecule has 0 saturated carbocycles. The Kier molecular flexibility index (Phi) is 5.26. The molecule has 1 aromatic heterocycles. The predicted molar refractivity (Wildman–Crippen MR) is 96.5 cm³/mol. The van der Waals surface area contributed by atoms with E-state index in [1.165, 1.54) is 17.5 Å². The smallest absolute Gasteiger partial charge is 0.204 e. The number of methoxy groups -OCH3 is 2. The van der Waals surface area contributed by atoms with Crippen molar-refractivity contribution in [2.75, 3.05) is 14.2 Å². The minimum absolute atomic E-state index is 0.0251. The largest absolute Gasteiger partial charge is 0.497 e. The van der Waals surface area contributed by atoms with Crippen molar-refractivity contribution in [1.29, 1.82) is 0 Å². The molecule has 0 aliphatic carbocycles. The molecule has 2 aromatic carbocycles. The fraction of sp³-hybridized carbons (Fsp3) is 0.263. The van der Waals surface area contributed by atoms with Crippen molar-refractivity contribution in [3.05, 3.63) is 53.6 Å². The molecule has 0 aliphatic rings. The third-order valence-corrected chi connectivity index (χ3v) is 4.07. The highest BCUT2D eigenvalue weighted by Gasteiger charge is 2.16. The van der Waals surface area contributed by atoms with Gasteiger partial charge in [-0.3, -0.25) is 4.79 Å². The number of carbonyl (C=O) groups is 1. The van der Waals surface area contributed by atoms with E-state index in [0.717, 1.165) is 12.0 Å². The van der Waals surface area contributed by atoms with Gasteiger partial charge in [0.1, 0.15) is 18.0 Å². The Morgan fingerprint density at radius 3 is 2.50 bits per heavy atom. The summed E-state index contributed by atoms with van der Waals surface area (Å²) in [5, 5.41) is 12.3. The molecular formula is C19H20N4O3. The van der Waals surface area contributed by atoms with Crippen molar-refractivity contribution in [3.8, 4) is 22.9 Å². The van der Waals surface area contributed by atoms with Gasteiger partial charge in [0.2, 0.25) is 5.82 Å². The Morgan fingerprint density at radius 1 is 1.08 bits per heavy atom. The van der Waals surface area contributed by atoms with Gasteiger partial charge in [-0.25, -0.2) is 0 Å².